The first-order valence-electron chi connectivity index (χ1n) is 5.80. The molecule has 0 aromatic rings. The zero-order chi connectivity index (χ0) is 14.4. The largest absolute Gasteiger partial charge is 0.478 e. The van der Waals surface area contributed by atoms with E-state index in [0.29, 0.717) is 13.0 Å². The molecule has 106 valence electrons. The molecule has 0 aliphatic heterocycles. The number of aliphatic carboxylic acids is 1. The fraction of sp³-hybridized carbons (Fsp3) is 0.667. The van der Waals surface area contributed by atoms with Crippen LogP contribution in [-0.4, -0.2) is 46.6 Å². The Bertz CT molecular complexity index is 247. The van der Waals surface area contributed by atoms with Gasteiger partial charge in [-0.05, 0) is 19.8 Å². The fourth-order valence-electron chi connectivity index (χ4n) is 0.691. The van der Waals surface area contributed by atoms with E-state index in [9.17, 15) is 9.59 Å². The van der Waals surface area contributed by atoms with Gasteiger partial charge in [-0.15, -0.1) is 0 Å². The van der Waals surface area contributed by atoms with Crippen LogP contribution in [0, 0.1) is 0 Å². The van der Waals surface area contributed by atoms with Crippen molar-refractivity contribution in [2.75, 3.05) is 13.2 Å². The summed E-state index contributed by atoms with van der Waals surface area (Å²) in [5.41, 5.74) is 0. The summed E-state index contributed by atoms with van der Waals surface area (Å²) in [7, 11) is 0. The van der Waals surface area contributed by atoms with Crippen LogP contribution in [0.25, 0.3) is 0 Å². The number of carboxylic acid groups (broad SMARTS) is 1. The van der Waals surface area contributed by atoms with Crippen LogP contribution < -0.4 is 0 Å². The summed E-state index contributed by atoms with van der Waals surface area (Å²) < 4.78 is 4.64. The van der Waals surface area contributed by atoms with Crippen molar-refractivity contribution in [3.05, 3.63) is 12.2 Å². The molecule has 0 saturated heterocycles. The molecule has 0 aromatic carbocycles. The molecule has 18 heavy (non-hydrogen) atoms. The average molecular weight is 262 g/mol. The maximum Gasteiger partial charge on any atom is 0.331 e. The lowest BCUT2D eigenvalue weighted by Gasteiger charge is -1.97. The summed E-state index contributed by atoms with van der Waals surface area (Å²) in [4.78, 5) is 20.6. The summed E-state index contributed by atoms with van der Waals surface area (Å²) in [5.74, 6) is -1.76. The molecule has 0 aromatic heterocycles. The lowest BCUT2D eigenvalue weighted by molar-refractivity contribution is -0.138. The fourth-order valence-corrected chi connectivity index (χ4v) is 0.691. The summed E-state index contributed by atoms with van der Waals surface area (Å²) in [6.07, 6.45) is 3.53. The lowest BCUT2D eigenvalue weighted by atomic mass is 10.3. The minimum Gasteiger partial charge on any atom is -0.478 e. The molecule has 0 spiro atoms. The topological polar surface area (TPSA) is 104 Å². The summed E-state index contributed by atoms with van der Waals surface area (Å²) in [6, 6.07) is 0. The monoisotopic (exact) mass is 262 g/mol. The van der Waals surface area contributed by atoms with Crippen LogP contribution in [0.4, 0.5) is 0 Å². The Kier molecular flexibility index (Phi) is 14.4. The van der Waals surface area contributed by atoms with E-state index in [2.05, 4.69) is 4.74 Å². The number of carbonyl (C=O) groups excluding carboxylic acids is 1. The Labute approximate surface area is 107 Å². The average Bonchev–Trinajstić information content (AvgIpc) is 2.27. The smallest absolute Gasteiger partial charge is 0.331 e. The molecule has 0 radical (unpaired) electrons. The van der Waals surface area contributed by atoms with E-state index in [1.54, 1.807) is 6.92 Å². The zero-order valence-electron chi connectivity index (χ0n) is 10.8. The predicted molar refractivity (Wildman–Crippen MR) is 66.0 cm³/mol. The Morgan fingerprint density at radius 2 is 1.94 bits per heavy atom. The van der Waals surface area contributed by atoms with Crippen LogP contribution in [0.15, 0.2) is 12.2 Å². The lowest BCUT2D eigenvalue weighted by Crippen LogP contribution is -2.02. The van der Waals surface area contributed by atoms with Gasteiger partial charge in [0, 0.05) is 18.8 Å². The van der Waals surface area contributed by atoms with Gasteiger partial charge in [0.05, 0.1) is 12.7 Å². The van der Waals surface area contributed by atoms with Gasteiger partial charge in [0.25, 0.3) is 0 Å². The molecule has 0 aliphatic carbocycles. The van der Waals surface area contributed by atoms with Crippen LogP contribution in [0.1, 0.15) is 33.1 Å². The quantitative estimate of drug-likeness (QED) is 0.355. The van der Waals surface area contributed by atoms with E-state index >= 15 is 0 Å². The molecule has 0 heterocycles. The molecule has 6 nitrogen and oxygen atoms in total. The maximum absolute atomic E-state index is 10.6. The normalized spacial score (nSPS) is 11.6. The first kappa shape index (κ1) is 19.0. The highest BCUT2D eigenvalue weighted by Crippen LogP contribution is 1.89. The summed E-state index contributed by atoms with van der Waals surface area (Å²) in [6.45, 7) is 4.05. The standard InChI is InChI=1S/C8H12O4.C4H10O2/c1-2-3-6-12-8(11)5-4-7(9)10;1-4(6)2-3-5/h4-5H,2-3,6H2,1H3,(H,9,10);4-6H,2-3H2,1H3. The van der Waals surface area contributed by atoms with Gasteiger partial charge < -0.3 is 20.1 Å². The number of carboxylic acids is 1. The van der Waals surface area contributed by atoms with Gasteiger partial charge in [-0.25, -0.2) is 9.59 Å². The minimum absolute atomic E-state index is 0.0810. The molecule has 0 aliphatic rings. The number of hydrogen-bond acceptors (Lipinski definition) is 5. The van der Waals surface area contributed by atoms with Crippen molar-refractivity contribution in [2.24, 2.45) is 0 Å². The van der Waals surface area contributed by atoms with Gasteiger partial charge in [-0.3, -0.25) is 0 Å². The Morgan fingerprint density at radius 3 is 2.28 bits per heavy atom. The number of hydrogen-bond donors (Lipinski definition) is 3. The van der Waals surface area contributed by atoms with Crippen molar-refractivity contribution in [3.8, 4) is 0 Å². The second kappa shape index (κ2) is 13.7. The van der Waals surface area contributed by atoms with Crippen LogP contribution in [0.2, 0.25) is 0 Å². The highest BCUT2D eigenvalue weighted by molar-refractivity contribution is 5.90. The van der Waals surface area contributed by atoms with Crippen LogP contribution in [0.3, 0.4) is 0 Å². The molecule has 0 rings (SSSR count). The summed E-state index contributed by atoms with van der Waals surface area (Å²) >= 11 is 0. The van der Waals surface area contributed by atoms with Crippen LogP contribution >= 0.6 is 0 Å². The van der Waals surface area contributed by atoms with Crippen LogP contribution in [-0.2, 0) is 14.3 Å². The van der Waals surface area contributed by atoms with Crippen LogP contribution in [0.5, 0.6) is 0 Å². The van der Waals surface area contributed by atoms with Gasteiger partial charge in [-0.2, -0.15) is 0 Å². The summed E-state index contributed by atoms with van der Waals surface area (Å²) in [5, 5.41) is 24.6. The van der Waals surface area contributed by atoms with E-state index in [-0.39, 0.29) is 12.7 Å². The number of ether oxygens (including phenoxy) is 1. The molecule has 0 fully saturated rings. The molecular weight excluding hydrogens is 240 g/mol. The number of carbonyl (C=O) groups is 2. The van der Waals surface area contributed by atoms with Crippen molar-refractivity contribution < 1.29 is 29.6 Å². The number of esters is 1. The molecule has 1 unspecified atom stereocenters. The Hall–Kier alpha value is -1.40. The number of rotatable bonds is 7. The van der Waals surface area contributed by atoms with Crippen molar-refractivity contribution in [2.45, 2.75) is 39.2 Å². The van der Waals surface area contributed by atoms with E-state index in [0.717, 1.165) is 25.0 Å². The van der Waals surface area contributed by atoms with Crippen molar-refractivity contribution in [1.29, 1.82) is 0 Å². The second-order valence-electron chi connectivity index (χ2n) is 3.55. The third kappa shape index (κ3) is 20.1. The van der Waals surface area contributed by atoms with Gasteiger partial charge >= 0.3 is 11.9 Å². The molecule has 3 N–H and O–H groups in total. The molecule has 0 bridgehead atoms. The van der Waals surface area contributed by atoms with Crippen molar-refractivity contribution >= 4 is 11.9 Å². The molecule has 6 heteroatoms. The first-order chi connectivity index (χ1) is 8.43. The first-order valence-corrected chi connectivity index (χ1v) is 5.80. The van der Waals surface area contributed by atoms with E-state index in [1.165, 1.54) is 0 Å². The highest BCUT2D eigenvalue weighted by Gasteiger charge is 1.96. The van der Waals surface area contributed by atoms with Gasteiger partial charge in [0.1, 0.15) is 0 Å². The van der Waals surface area contributed by atoms with Crippen molar-refractivity contribution in [3.63, 3.8) is 0 Å². The predicted octanol–water partition coefficient (Wildman–Crippen LogP) is 0.720. The number of aliphatic hydroxyl groups is 2. The van der Waals surface area contributed by atoms with E-state index in [4.69, 9.17) is 15.3 Å². The van der Waals surface area contributed by atoms with Gasteiger partial charge in [-0.1, -0.05) is 13.3 Å². The molecule has 1 atom stereocenters. The van der Waals surface area contributed by atoms with E-state index in [1.807, 2.05) is 6.92 Å². The minimum atomic E-state index is -1.15. The van der Waals surface area contributed by atoms with Crippen molar-refractivity contribution in [1.82, 2.24) is 0 Å². The van der Waals surface area contributed by atoms with Gasteiger partial charge in [0.2, 0.25) is 0 Å². The SMILES string of the molecule is CC(O)CCO.CCCCOC(=O)C=CC(=O)O. The highest BCUT2D eigenvalue weighted by atomic mass is 16.5. The number of aliphatic hydroxyl groups excluding tert-OH is 2. The number of unbranched alkanes of at least 4 members (excludes halogenated alkanes) is 1. The second-order valence-corrected chi connectivity index (χ2v) is 3.55. The third-order valence-electron chi connectivity index (χ3n) is 1.65. The molecular formula is C12H22O6. The Balaban J connectivity index is 0. The maximum atomic E-state index is 10.6. The Morgan fingerprint density at radius 1 is 1.33 bits per heavy atom. The molecule has 0 saturated carbocycles. The molecule has 0 amide bonds. The zero-order valence-corrected chi connectivity index (χ0v) is 10.8. The van der Waals surface area contributed by atoms with Gasteiger partial charge in [0.15, 0.2) is 0 Å². The van der Waals surface area contributed by atoms with E-state index < -0.39 is 11.9 Å². The third-order valence-corrected chi connectivity index (χ3v) is 1.65.